The summed E-state index contributed by atoms with van der Waals surface area (Å²) >= 11 is 0. The van der Waals surface area contributed by atoms with Crippen molar-refractivity contribution < 1.29 is 42.7 Å². The molecule has 0 radical (unpaired) electrons. The van der Waals surface area contributed by atoms with Crippen molar-refractivity contribution >= 4 is 22.8 Å². The molecule has 0 aliphatic carbocycles. The highest BCUT2D eigenvalue weighted by molar-refractivity contribution is 7.89. The van der Waals surface area contributed by atoms with E-state index in [2.05, 4.69) is 10.6 Å². The molecule has 0 bridgehead atoms. The average Bonchev–Trinajstić information content (AvgIpc) is 2.52. The van der Waals surface area contributed by atoms with Crippen LogP contribution in [-0.4, -0.2) is 36.2 Å². The summed E-state index contributed by atoms with van der Waals surface area (Å²) in [5.41, 5.74) is 2.99. The van der Waals surface area contributed by atoms with Crippen molar-refractivity contribution in [3.05, 3.63) is 34.9 Å². The number of hydrogen-bond acceptors (Lipinski definition) is 4. The fraction of sp³-hybridized carbons (Fsp3) is 0.647. The van der Waals surface area contributed by atoms with Crippen molar-refractivity contribution in [1.82, 2.24) is 0 Å². The van der Waals surface area contributed by atoms with Gasteiger partial charge in [-0.1, -0.05) is 34.9 Å². The highest BCUT2D eigenvalue weighted by Gasteiger charge is 2.71. The van der Waals surface area contributed by atoms with Crippen LogP contribution >= 0.6 is 22.8 Å². The van der Waals surface area contributed by atoms with Gasteiger partial charge in [0.25, 0.3) is 4.64 Å². The molecule has 170 valence electrons. The van der Waals surface area contributed by atoms with Crippen molar-refractivity contribution in [2.24, 2.45) is 0 Å². The molecule has 0 saturated heterocycles. The molecular formula is C17H33O9P3. The summed E-state index contributed by atoms with van der Waals surface area (Å²) < 4.78 is 36.8. The summed E-state index contributed by atoms with van der Waals surface area (Å²) in [6.45, 7) is 7.66. The zero-order valence-electron chi connectivity index (χ0n) is 17.5. The van der Waals surface area contributed by atoms with Gasteiger partial charge in [0, 0.05) is 13.5 Å². The number of rotatable bonds is 12. The first-order valence-corrected chi connectivity index (χ1v) is 13.8. The van der Waals surface area contributed by atoms with E-state index in [9.17, 15) is 38.2 Å². The van der Waals surface area contributed by atoms with Crippen LogP contribution in [0.15, 0.2) is 34.9 Å². The van der Waals surface area contributed by atoms with E-state index in [-0.39, 0.29) is 0 Å². The van der Waals surface area contributed by atoms with Crippen LogP contribution in [0.1, 0.15) is 59.8 Å². The van der Waals surface area contributed by atoms with Gasteiger partial charge < -0.3 is 29.0 Å². The molecule has 0 aromatic heterocycles. The molecule has 0 aromatic rings. The quantitative estimate of drug-likeness (QED) is 0.200. The lowest BCUT2D eigenvalue weighted by Gasteiger charge is -2.35. The topological polar surface area (TPSA) is 162 Å². The molecule has 0 fully saturated rings. The SMILES string of the molecule is COP(=O)(O)C(CC=C(C)CCC=C(C)CCC=C(C)C)(P(=O)(O)O)P(=O)(O)O. The standard InChI is InChI=1S/C17H33O9P3/c1-14(2)8-6-9-15(3)10-7-11-16(4)12-13-17(27(18,19)20,28(21,22)23)29(24,25)26-5/h8,10,12H,6-7,9,11,13H2,1-5H3,(H,24,25)(H2,18,19,20)(H2,21,22,23). The third-order valence-electron chi connectivity index (χ3n) is 4.48. The van der Waals surface area contributed by atoms with Crippen LogP contribution in [0.3, 0.4) is 0 Å². The van der Waals surface area contributed by atoms with Gasteiger partial charge in [-0.3, -0.25) is 13.7 Å². The summed E-state index contributed by atoms with van der Waals surface area (Å²) in [6.07, 6.45) is 7.22. The minimum absolute atomic E-state index is 0.459. The molecule has 9 nitrogen and oxygen atoms in total. The van der Waals surface area contributed by atoms with Crippen molar-refractivity contribution in [3.8, 4) is 0 Å². The molecule has 1 atom stereocenters. The molecule has 5 N–H and O–H groups in total. The van der Waals surface area contributed by atoms with Gasteiger partial charge in [-0.05, 0) is 53.4 Å². The van der Waals surface area contributed by atoms with Gasteiger partial charge in [-0.15, -0.1) is 0 Å². The molecule has 0 amide bonds. The van der Waals surface area contributed by atoms with Gasteiger partial charge in [-0.2, -0.15) is 0 Å². The van der Waals surface area contributed by atoms with Crippen LogP contribution in [0.25, 0.3) is 0 Å². The lowest BCUT2D eigenvalue weighted by molar-refractivity contribution is 0.276. The monoisotopic (exact) mass is 474 g/mol. The van der Waals surface area contributed by atoms with Gasteiger partial charge in [0.2, 0.25) is 0 Å². The Balaban J connectivity index is 5.48. The maximum atomic E-state index is 12.3. The molecule has 1 unspecified atom stereocenters. The van der Waals surface area contributed by atoms with E-state index < -0.39 is 33.8 Å². The van der Waals surface area contributed by atoms with Crippen LogP contribution in [0.2, 0.25) is 0 Å². The minimum Gasteiger partial charge on any atom is -0.323 e. The summed E-state index contributed by atoms with van der Waals surface area (Å²) in [5, 5.41) is 0. The molecule has 0 aliphatic rings. The lowest BCUT2D eigenvalue weighted by Crippen LogP contribution is -2.29. The molecule has 0 spiro atoms. The van der Waals surface area contributed by atoms with Crippen molar-refractivity contribution in [1.29, 1.82) is 0 Å². The second-order valence-electron chi connectivity index (χ2n) is 7.23. The van der Waals surface area contributed by atoms with Gasteiger partial charge in [0.05, 0.1) is 0 Å². The Morgan fingerprint density at radius 3 is 1.59 bits per heavy atom. The molecule has 0 aliphatic heterocycles. The zero-order valence-corrected chi connectivity index (χ0v) is 20.2. The third-order valence-corrected chi connectivity index (χ3v) is 12.9. The molecular weight excluding hydrogens is 441 g/mol. The fourth-order valence-electron chi connectivity index (χ4n) is 2.65. The average molecular weight is 474 g/mol. The summed E-state index contributed by atoms with van der Waals surface area (Å²) in [5.74, 6) is 0. The predicted molar refractivity (Wildman–Crippen MR) is 114 cm³/mol. The number of hydrogen-bond donors (Lipinski definition) is 5. The Bertz CT molecular complexity index is 760. The van der Waals surface area contributed by atoms with Gasteiger partial charge in [-0.25, -0.2) is 0 Å². The largest absolute Gasteiger partial charge is 0.358 e. The van der Waals surface area contributed by atoms with E-state index in [1.807, 2.05) is 26.8 Å². The van der Waals surface area contributed by atoms with Gasteiger partial charge in [0.15, 0.2) is 0 Å². The van der Waals surface area contributed by atoms with E-state index in [4.69, 9.17) is 0 Å². The third kappa shape index (κ3) is 8.02. The fourth-order valence-corrected chi connectivity index (χ4v) is 8.40. The van der Waals surface area contributed by atoms with Crippen molar-refractivity contribution in [2.45, 2.75) is 64.4 Å². The molecule has 0 heterocycles. The van der Waals surface area contributed by atoms with Crippen molar-refractivity contribution in [3.63, 3.8) is 0 Å². The van der Waals surface area contributed by atoms with Gasteiger partial charge >= 0.3 is 22.8 Å². The molecule has 0 aromatic carbocycles. The molecule has 0 rings (SSSR count). The Labute approximate surface area is 172 Å². The second-order valence-corrected chi connectivity index (χ2v) is 14.2. The van der Waals surface area contributed by atoms with Crippen LogP contribution in [0.5, 0.6) is 0 Å². The van der Waals surface area contributed by atoms with E-state index >= 15 is 0 Å². The highest BCUT2D eigenvalue weighted by Crippen LogP contribution is 2.85. The van der Waals surface area contributed by atoms with Gasteiger partial charge in [0.1, 0.15) is 0 Å². The van der Waals surface area contributed by atoms with Crippen LogP contribution in [0.4, 0.5) is 0 Å². The second kappa shape index (κ2) is 11.3. The Kier molecular flexibility index (Phi) is 11.2. The Morgan fingerprint density at radius 1 is 0.793 bits per heavy atom. The molecule has 12 heteroatoms. The smallest absolute Gasteiger partial charge is 0.323 e. The normalized spacial score (nSPS) is 16.5. The summed E-state index contributed by atoms with van der Waals surface area (Å²) in [7, 11) is -16.2. The molecule has 29 heavy (non-hydrogen) atoms. The van der Waals surface area contributed by atoms with Crippen LogP contribution in [0, 0.1) is 0 Å². The maximum Gasteiger partial charge on any atom is 0.358 e. The first-order valence-electron chi connectivity index (χ1n) is 8.96. The maximum absolute atomic E-state index is 12.3. The highest BCUT2D eigenvalue weighted by atomic mass is 31.3. The first kappa shape index (κ1) is 28.7. The van der Waals surface area contributed by atoms with Crippen LogP contribution < -0.4 is 0 Å². The zero-order chi connectivity index (χ0) is 23.1. The number of allylic oxidation sites excluding steroid dienone is 6. The molecule has 0 saturated carbocycles. The summed E-state index contributed by atoms with van der Waals surface area (Å²) in [4.78, 5) is 48.2. The van der Waals surface area contributed by atoms with Crippen molar-refractivity contribution in [2.75, 3.05) is 7.11 Å². The Morgan fingerprint density at radius 2 is 1.21 bits per heavy atom. The minimum atomic E-state index is -5.75. The van der Waals surface area contributed by atoms with E-state index in [0.29, 0.717) is 25.5 Å². The summed E-state index contributed by atoms with van der Waals surface area (Å²) in [6, 6.07) is 0. The predicted octanol–water partition coefficient (Wildman–Crippen LogP) is 4.64. The Hall–Kier alpha value is -0.330. The lowest BCUT2D eigenvalue weighted by atomic mass is 10.1. The first-order chi connectivity index (χ1) is 13.0. The van der Waals surface area contributed by atoms with E-state index in [1.165, 1.54) is 17.2 Å². The van der Waals surface area contributed by atoms with E-state index in [1.54, 1.807) is 6.92 Å². The van der Waals surface area contributed by atoms with E-state index in [0.717, 1.165) is 12.8 Å². The van der Waals surface area contributed by atoms with Crippen LogP contribution in [-0.2, 0) is 18.2 Å².